The van der Waals surface area contributed by atoms with Gasteiger partial charge in [0, 0.05) is 21.2 Å². The van der Waals surface area contributed by atoms with Crippen molar-refractivity contribution in [2.75, 3.05) is 0 Å². The van der Waals surface area contributed by atoms with Crippen molar-refractivity contribution >= 4 is 29.1 Å². The Hall–Kier alpha value is -2.37. The molecule has 0 unspecified atom stereocenters. The van der Waals surface area contributed by atoms with E-state index in [1.807, 2.05) is 6.07 Å². The van der Waals surface area contributed by atoms with E-state index in [1.165, 1.54) is 0 Å². The molecule has 0 bridgehead atoms. The van der Waals surface area contributed by atoms with Crippen molar-refractivity contribution in [2.24, 2.45) is 0 Å². The fraction of sp³-hybridized carbons (Fsp3) is 0.0625. The van der Waals surface area contributed by atoms with Crippen LogP contribution in [0, 0.1) is 0 Å². The second-order valence-corrected chi connectivity index (χ2v) is 5.59. The van der Waals surface area contributed by atoms with Gasteiger partial charge < -0.3 is 9.84 Å². The molecule has 0 radical (unpaired) electrons. The van der Waals surface area contributed by atoms with Crippen molar-refractivity contribution < 1.29 is 9.32 Å². The highest BCUT2D eigenvalue weighted by Crippen LogP contribution is 2.20. The van der Waals surface area contributed by atoms with Gasteiger partial charge in [-0.25, -0.2) is 0 Å². The second-order valence-electron chi connectivity index (χ2n) is 4.72. The number of nitrogens with zero attached hydrogens (tertiary/aromatic N) is 2. The van der Waals surface area contributed by atoms with Gasteiger partial charge in [0.05, 0.1) is 6.54 Å². The van der Waals surface area contributed by atoms with Crippen LogP contribution in [0.4, 0.5) is 0 Å². The number of carbonyl (C=O) groups is 1. The number of nitrogens with one attached hydrogen (secondary N) is 1. The molecule has 1 aromatic heterocycles. The highest BCUT2D eigenvalue weighted by molar-refractivity contribution is 6.31. The zero-order valence-corrected chi connectivity index (χ0v) is 13.3. The molecule has 0 aliphatic rings. The molecular weight excluding hydrogens is 337 g/mol. The van der Waals surface area contributed by atoms with Crippen LogP contribution in [0.15, 0.2) is 53.1 Å². The number of benzene rings is 2. The number of hydrogen-bond acceptors (Lipinski definition) is 4. The SMILES string of the molecule is O=C(NCc1noc(-c2cccc(Cl)c2)n1)c1cccc(Cl)c1. The fourth-order valence-electron chi connectivity index (χ4n) is 1.96. The van der Waals surface area contributed by atoms with Crippen LogP contribution in [0.3, 0.4) is 0 Å². The van der Waals surface area contributed by atoms with E-state index in [1.54, 1.807) is 42.5 Å². The van der Waals surface area contributed by atoms with Crippen LogP contribution >= 0.6 is 23.2 Å². The lowest BCUT2D eigenvalue weighted by Gasteiger charge is -2.02. The predicted molar refractivity (Wildman–Crippen MR) is 87.4 cm³/mol. The number of halogens is 2. The van der Waals surface area contributed by atoms with Gasteiger partial charge in [-0.05, 0) is 36.4 Å². The summed E-state index contributed by atoms with van der Waals surface area (Å²) < 4.78 is 5.17. The van der Waals surface area contributed by atoms with Crippen molar-refractivity contribution in [1.82, 2.24) is 15.5 Å². The van der Waals surface area contributed by atoms with E-state index in [-0.39, 0.29) is 12.5 Å². The Labute approximate surface area is 142 Å². The van der Waals surface area contributed by atoms with Gasteiger partial charge in [-0.15, -0.1) is 0 Å². The quantitative estimate of drug-likeness (QED) is 0.775. The monoisotopic (exact) mass is 347 g/mol. The first-order chi connectivity index (χ1) is 11.1. The molecule has 7 heteroatoms. The summed E-state index contributed by atoms with van der Waals surface area (Å²) in [6.45, 7) is 0.148. The van der Waals surface area contributed by atoms with Crippen LogP contribution in [0.5, 0.6) is 0 Å². The Morgan fingerprint density at radius 3 is 2.57 bits per heavy atom. The Kier molecular flexibility index (Phi) is 4.60. The zero-order valence-electron chi connectivity index (χ0n) is 11.8. The normalized spacial score (nSPS) is 10.5. The van der Waals surface area contributed by atoms with E-state index in [2.05, 4.69) is 15.5 Å². The number of aromatic nitrogens is 2. The molecule has 1 amide bonds. The first-order valence-corrected chi connectivity index (χ1v) is 7.50. The summed E-state index contributed by atoms with van der Waals surface area (Å²) >= 11 is 11.8. The van der Waals surface area contributed by atoms with Crippen LogP contribution in [0.1, 0.15) is 16.2 Å². The molecule has 3 rings (SSSR count). The summed E-state index contributed by atoms with van der Waals surface area (Å²) in [7, 11) is 0. The maximum absolute atomic E-state index is 12.0. The van der Waals surface area contributed by atoms with Crippen molar-refractivity contribution in [1.29, 1.82) is 0 Å². The smallest absolute Gasteiger partial charge is 0.258 e. The topological polar surface area (TPSA) is 68.0 Å². The molecule has 0 fully saturated rings. The van der Waals surface area contributed by atoms with Crippen molar-refractivity contribution in [3.8, 4) is 11.5 Å². The van der Waals surface area contributed by atoms with Gasteiger partial charge in [-0.1, -0.05) is 40.5 Å². The molecule has 0 saturated carbocycles. The minimum atomic E-state index is -0.262. The Morgan fingerprint density at radius 2 is 1.83 bits per heavy atom. The van der Waals surface area contributed by atoms with Crippen LogP contribution in [-0.2, 0) is 6.54 Å². The Morgan fingerprint density at radius 1 is 1.09 bits per heavy atom. The minimum absolute atomic E-state index is 0.148. The van der Waals surface area contributed by atoms with Crippen LogP contribution in [0.25, 0.3) is 11.5 Å². The van der Waals surface area contributed by atoms with E-state index in [0.717, 1.165) is 5.56 Å². The minimum Gasteiger partial charge on any atom is -0.345 e. The number of hydrogen-bond donors (Lipinski definition) is 1. The van der Waals surface area contributed by atoms with Crippen LogP contribution in [-0.4, -0.2) is 16.0 Å². The molecule has 5 nitrogen and oxygen atoms in total. The lowest BCUT2D eigenvalue weighted by Crippen LogP contribution is -2.23. The highest BCUT2D eigenvalue weighted by atomic mass is 35.5. The number of carbonyl (C=O) groups excluding carboxylic acids is 1. The first kappa shape index (κ1) is 15.5. The average Bonchev–Trinajstić information content (AvgIpc) is 3.01. The second kappa shape index (κ2) is 6.81. The van der Waals surface area contributed by atoms with E-state index < -0.39 is 0 Å². The first-order valence-electron chi connectivity index (χ1n) is 6.74. The van der Waals surface area contributed by atoms with Gasteiger partial charge in [0.1, 0.15) is 0 Å². The molecule has 1 N–H and O–H groups in total. The van der Waals surface area contributed by atoms with Gasteiger partial charge in [0.15, 0.2) is 5.82 Å². The van der Waals surface area contributed by atoms with Crippen molar-refractivity contribution in [2.45, 2.75) is 6.54 Å². The van der Waals surface area contributed by atoms with Gasteiger partial charge >= 0.3 is 0 Å². The van der Waals surface area contributed by atoms with Crippen molar-refractivity contribution in [3.63, 3.8) is 0 Å². The molecule has 0 spiro atoms. The van der Waals surface area contributed by atoms with E-state index in [0.29, 0.717) is 27.3 Å². The molecular formula is C16H11Cl2N3O2. The summed E-state index contributed by atoms with van der Waals surface area (Å²) in [6, 6.07) is 13.8. The zero-order chi connectivity index (χ0) is 16.2. The third kappa shape index (κ3) is 3.88. The largest absolute Gasteiger partial charge is 0.345 e. The summed E-state index contributed by atoms with van der Waals surface area (Å²) in [5.74, 6) is 0.455. The molecule has 0 atom stereocenters. The highest BCUT2D eigenvalue weighted by Gasteiger charge is 2.11. The average molecular weight is 348 g/mol. The lowest BCUT2D eigenvalue weighted by atomic mass is 10.2. The fourth-order valence-corrected chi connectivity index (χ4v) is 2.34. The molecule has 0 aliphatic heterocycles. The standard InChI is InChI=1S/C16H11Cl2N3O2/c17-12-5-1-3-10(7-12)15(22)19-9-14-20-16(23-21-14)11-4-2-6-13(18)8-11/h1-8H,9H2,(H,19,22). The predicted octanol–water partition coefficient (Wildman–Crippen LogP) is 3.97. The van der Waals surface area contributed by atoms with E-state index >= 15 is 0 Å². The van der Waals surface area contributed by atoms with Crippen LogP contribution < -0.4 is 5.32 Å². The van der Waals surface area contributed by atoms with Gasteiger partial charge in [0.2, 0.25) is 0 Å². The molecule has 1 heterocycles. The van der Waals surface area contributed by atoms with Gasteiger partial charge in [-0.2, -0.15) is 4.98 Å². The summed E-state index contributed by atoms with van der Waals surface area (Å²) in [6.07, 6.45) is 0. The van der Waals surface area contributed by atoms with E-state index in [4.69, 9.17) is 27.7 Å². The van der Waals surface area contributed by atoms with Crippen molar-refractivity contribution in [3.05, 3.63) is 70.0 Å². The maximum atomic E-state index is 12.0. The third-order valence-corrected chi connectivity index (χ3v) is 3.50. The molecule has 0 aliphatic carbocycles. The Bertz CT molecular complexity index is 849. The molecule has 0 saturated heterocycles. The number of amides is 1. The van der Waals surface area contributed by atoms with Gasteiger partial charge in [-0.3, -0.25) is 4.79 Å². The van der Waals surface area contributed by atoms with E-state index in [9.17, 15) is 4.79 Å². The molecule has 3 aromatic rings. The number of rotatable bonds is 4. The maximum Gasteiger partial charge on any atom is 0.258 e. The van der Waals surface area contributed by atoms with Crippen LogP contribution in [0.2, 0.25) is 10.0 Å². The lowest BCUT2D eigenvalue weighted by molar-refractivity contribution is 0.0949. The Balaban J connectivity index is 1.67. The summed E-state index contributed by atoms with van der Waals surface area (Å²) in [4.78, 5) is 16.2. The molecule has 116 valence electrons. The molecule has 2 aromatic carbocycles. The molecule has 23 heavy (non-hydrogen) atoms. The van der Waals surface area contributed by atoms with Gasteiger partial charge in [0.25, 0.3) is 11.8 Å². The third-order valence-electron chi connectivity index (χ3n) is 3.03. The summed E-state index contributed by atoms with van der Waals surface area (Å²) in [5.41, 5.74) is 1.19. The summed E-state index contributed by atoms with van der Waals surface area (Å²) in [5, 5.41) is 7.63.